The first kappa shape index (κ1) is 20.5. The van der Waals surface area contributed by atoms with Crippen LogP contribution < -0.4 is 5.32 Å². The smallest absolute Gasteiger partial charge is 0.325 e. The van der Waals surface area contributed by atoms with Crippen LogP contribution in [0.5, 0.6) is 0 Å². The Kier molecular flexibility index (Phi) is 4.76. The Morgan fingerprint density at radius 2 is 1.71 bits per heavy atom. The number of H-pyrrole nitrogens is 1. The van der Waals surface area contributed by atoms with Gasteiger partial charge in [0.2, 0.25) is 0 Å². The van der Waals surface area contributed by atoms with Crippen molar-refractivity contribution >= 4 is 34.3 Å². The van der Waals surface area contributed by atoms with Crippen LogP contribution >= 0.6 is 0 Å². The summed E-state index contributed by atoms with van der Waals surface area (Å²) < 4.78 is 0. The number of rotatable bonds is 5. The van der Waals surface area contributed by atoms with Crippen LogP contribution in [0.15, 0.2) is 42.5 Å². The molecular weight excluding hydrogens is 394 g/mol. The van der Waals surface area contributed by atoms with Crippen molar-refractivity contribution in [3.05, 3.63) is 70.5 Å². The molecule has 158 valence electrons. The number of hydrogen-bond donors (Lipinski definition) is 2. The van der Waals surface area contributed by atoms with Crippen LogP contribution in [0, 0.1) is 13.8 Å². The zero-order valence-corrected chi connectivity index (χ0v) is 17.8. The first-order valence-corrected chi connectivity index (χ1v) is 10.0. The molecule has 1 aliphatic rings. The molecule has 3 amide bonds. The van der Waals surface area contributed by atoms with Gasteiger partial charge in [-0.05, 0) is 49.6 Å². The minimum Gasteiger partial charge on any atom is -0.355 e. The summed E-state index contributed by atoms with van der Waals surface area (Å²) in [7, 11) is 0. The summed E-state index contributed by atoms with van der Waals surface area (Å²) in [6, 6.07) is 12.6. The van der Waals surface area contributed by atoms with E-state index in [1.54, 1.807) is 20.8 Å². The van der Waals surface area contributed by atoms with Gasteiger partial charge in [-0.1, -0.05) is 42.5 Å². The molecule has 31 heavy (non-hydrogen) atoms. The third kappa shape index (κ3) is 3.13. The second-order valence-electron chi connectivity index (χ2n) is 8.08. The molecule has 2 N–H and O–H groups in total. The molecule has 4 rings (SSSR count). The van der Waals surface area contributed by atoms with Gasteiger partial charge in [0, 0.05) is 11.3 Å². The molecule has 0 aliphatic carbocycles. The van der Waals surface area contributed by atoms with Gasteiger partial charge in [-0.15, -0.1) is 0 Å². The van der Waals surface area contributed by atoms with E-state index in [1.807, 2.05) is 42.5 Å². The molecule has 7 heteroatoms. The van der Waals surface area contributed by atoms with E-state index in [-0.39, 0.29) is 11.5 Å². The van der Waals surface area contributed by atoms with Gasteiger partial charge in [0.05, 0.1) is 12.2 Å². The number of aryl methyl sites for hydroxylation is 1. The standard InChI is InChI=1S/C24H23N3O4/c1-13-20(15(3)28)14(2)25-21(13)19(29)12-27-22(30)24(4,26-23(27)31)18-11-7-9-16-8-5-6-10-17(16)18/h5-11,25H,12H2,1-4H3,(H,26,31)/t24-/m1/s1. The largest absolute Gasteiger partial charge is 0.355 e. The van der Waals surface area contributed by atoms with Crippen molar-refractivity contribution in [2.75, 3.05) is 6.54 Å². The number of aromatic amines is 1. The summed E-state index contributed by atoms with van der Waals surface area (Å²) in [5.74, 6) is -1.07. The lowest BCUT2D eigenvalue weighted by Crippen LogP contribution is -2.41. The number of fused-ring (bicyclic) bond motifs is 1. The molecule has 0 spiro atoms. The predicted octanol–water partition coefficient (Wildman–Crippen LogP) is 3.64. The number of benzene rings is 2. The Bertz CT molecular complexity index is 1270. The summed E-state index contributed by atoms with van der Waals surface area (Å²) in [5, 5.41) is 4.57. The van der Waals surface area contributed by atoms with Crippen molar-refractivity contribution in [3.63, 3.8) is 0 Å². The topological polar surface area (TPSA) is 99.3 Å². The van der Waals surface area contributed by atoms with Crippen LogP contribution in [-0.4, -0.2) is 39.9 Å². The lowest BCUT2D eigenvalue weighted by Gasteiger charge is -2.24. The Hall–Kier alpha value is -3.74. The number of ketones is 2. The van der Waals surface area contributed by atoms with Crippen LogP contribution in [0.1, 0.15) is 51.5 Å². The van der Waals surface area contributed by atoms with E-state index < -0.39 is 29.8 Å². The van der Waals surface area contributed by atoms with Gasteiger partial charge in [-0.2, -0.15) is 0 Å². The minimum atomic E-state index is -1.29. The summed E-state index contributed by atoms with van der Waals surface area (Å²) in [4.78, 5) is 54.7. The molecule has 1 atom stereocenters. The summed E-state index contributed by atoms with van der Waals surface area (Å²) >= 11 is 0. The average molecular weight is 417 g/mol. The fourth-order valence-corrected chi connectivity index (χ4v) is 4.46. The number of carbonyl (C=O) groups excluding carboxylic acids is 4. The van der Waals surface area contributed by atoms with E-state index in [2.05, 4.69) is 10.3 Å². The fourth-order valence-electron chi connectivity index (χ4n) is 4.46. The first-order valence-electron chi connectivity index (χ1n) is 10.0. The lowest BCUT2D eigenvalue weighted by molar-refractivity contribution is -0.130. The van der Waals surface area contributed by atoms with Crippen molar-refractivity contribution in [1.29, 1.82) is 0 Å². The number of nitrogens with zero attached hydrogens (tertiary/aromatic N) is 1. The third-order valence-corrected chi connectivity index (χ3v) is 5.97. The molecule has 0 saturated carbocycles. The maximum absolute atomic E-state index is 13.3. The Labute approximate surface area is 179 Å². The molecule has 1 aromatic heterocycles. The Morgan fingerprint density at radius 1 is 1.03 bits per heavy atom. The highest BCUT2D eigenvalue weighted by Crippen LogP contribution is 2.34. The number of amides is 3. The van der Waals surface area contributed by atoms with Crippen LogP contribution in [0.25, 0.3) is 10.8 Å². The zero-order chi connectivity index (χ0) is 22.5. The van der Waals surface area contributed by atoms with Crippen molar-refractivity contribution in [2.24, 2.45) is 0 Å². The van der Waals surface area contributed by atoms with Crippen LogP contribution in [0.3, 0.4) is 0 Å². The molecule has 1 fully saturated rings. The van der Waals surface area contributed by atoms with Gasteiger partial charge < -0.3 is 10.3 Å². The number of urea groups is 1. The van der Waals surface area contributed by atoms with Crippen LogP contribution in [-0.2, 0) is 10.3 Å². The van der Waals surface area contributed by atoms with Crippen LogP contribution in [0.2, 0.25) is 0 Å². The second kappa shape index (κ2) is 7.19. The molecule has 0 bridgehead atoms. The van der Waals surface area contributed by atoms with Crippen molar-refractivity contribution in [3.8, 4) is 0 Å². The highest BCUT2D eigenvalue weighted by molar-refractivity contribution is 6.13. The van der Waals surface area contributed by atoms with Gasteiger partial charge in [0.25, 0.3) is 5.91 Å². The third-order valence-electron chi connectivity index (χ3n) is 5.97. The maximum atomic E-state index is 13.3. The molecule has 0 radical (unpaired) electrons. The van der Waals surface area contributed by atoms with E-state index in [0.717, 1.165) is 15.7 Å². The van der Waals surface area contributed by atoms with Gasteiger partial charge in [-0.3, -0.25) is 19.3 Å². The number of imide groups is 1. The number of aromatic nitrogens is 1. The van der Waals surface area contributed by atoms with Gasteiger partial charge in [0.1, 0.15) is 5.54 Å². The van der Waals surface area contributed by atoms with E-state index in [9.17, 15) is 19.2 Å². The fraction of sp³-hybridized carbons (Fsp3) is 0.250. The minimum absolute atomic E-state index is 0.149. The SMILES string of the molecule is CC(=O)c1c(C)[nH]c(C(=O)CN2C(=O)N[C@](C)(c3cccc4ccccc34)C2=O)c1C. The second-order valence-corrected chi connectivity index (χ2v) is 8.08. The molecular formula is C24H23N3O4. The summed E-state index contributed by atoms with van der Waals surface area (Å²) in [6.07, 6.45) is 0. The van der Waals surface area contributed by atoms with E-state index in [0.29, 0.717) is 22.4 Å². The highest BCUT2D eigenvalue weighted by Gasteiger charge is 2.50. The number of Topliss-reactive ketones (excluding diaryl/α,β-unsaturated/α-hetero) is 2. The molecule has 1 aliphatic heterocycles. The van der Waals surface area contributed by atoms with Crippen molar-refractivity contribution < 1.29 is 19.2 Å². The van der Waals surface area contributed by atoms with Gasteiger partial charge in [-0.25, -0.2) is 4.79 Å². The lowest BCUT2D eigenvalue weighted by atomic mass is 9.88. The highest BCUT2D eigenvalue weighted by atomic mass is 16.2. The van der Waals surface area contributed by atoms with E-state index in [4.69, 9.17) is 0 Å². The van der Waals surface area contributed by atoms with Crippen molar-refractivity contribution in [2.45, 2.75) is 33.2 Å². The maximum Gasteiger partial charge on any atom is 0.325 e. The molecule has 0 unspecified atom stereocenters. The molecule has 1 saturated heterocycles. The van der Waals surface area contributed by atoms with E-state index >= 15 is 0 Å². The van der Waals surface area contributed by atoms with E-state index in [1.165, 1.54) is 6.92 Å². The van der Waals surface area contributed by atoms with Gasteiger partial charge >= 0.3 is 6.03 Å². The molecule has 2 heterocycles. The summed E-state index contributed by atoms with van der Waals surface area (Å²) in [5.41, 5.74) is 1.20. The van der Waals surface area contributed by atoms with Crippen molar-refractivity contribution in [1.82, 2.24) is 15.2 Å². The predicted molar refractivity (Wildman–Crippen MR) is 116 cm³/mol. The molecule has 3 aromatic rings. The van der Waals surface area contributed by atoms with Crippen LogP contribution in [0.4, 0.5) is 4.79 Å². The Balaban J connectivity index is 1.67. The Morgan fingerprint density at radius 3 is 2.39 bits per heavy atom. The zero-order valence-electron chi connectivity index (χ0n) is 17.8. The number of hydrogen-bond acceptors (Lipinski definition) is 4. The molecule has 7 nitrogen and oxygen atoms in total. The first-order chi connectivity index (χ1) is 14.6. The normalized spacial score (nSPS) is 18.5. The number of carbonyl (C=O) groups is 4. The summed E-state index contributed by atoms with van der Waals surface area (Å²) in [6.45, 7) is 6.07. The molecule has 2 aromatic carbocycles. The number of nitrogens with one attached hydrogen (secondary N) is 2. The average Bonchev–Trinajstić information content (AvgIpc) is 3.15. The van der Waals surface area contributed by atoms with Gasteiger partial charge in [0.15, 0.2) is 11.6 Å². The monoisotopic (exact) mass is 417 g/mol. The quantitative estimate of drug-likeness (QED) is 0.489.